The molecule has 0 saturated carbocycles. The molecule has 5 aromatic heterocycles. The van der Waals surface area contributed by atoms with Crippen LogP contribution in [0.15, 0.2) is 158 Å². The summed E-state index contributed by atoms with van der Waals surface area (Å²) in [6, 6.07) is 50.8. The molecule has 230 valence electrons. The summed E-state index contributed by atoms with van der Waals surface area (Å²) in [6.07, 6.45) is 3.63. The van der Waals surface area contributed by atoms with Crippen LogP contribution in [-0.4, -0.2) is 29.3 Å². The first kappa shape index (κ1) is 27.7. The molecule has 0 N–H and O–H groups in total. The number of benzene rings is 5. The van der Waals surface area contributed by atoms with Gasteiger partial charge in [0.25, 0.3) is 0 Å². The van der Waals surface area contributed by atoms with Gasteiger partial charge in [-0.1, -0.05) is 84.1 Å². The first-order valence-corrected chi connectivity index (χ1v) is 17.0. The zero-order valence-electron chi connectivity index (χ0n) is 26.1. The summed E-state index contributed by atoms with van der Waals surface area (Å²) >= 11 is 1.61. The Labute approximate surface area is 285 Å². The van der Waals surface area contributed by atoms with Gasteiger partial charge in [0.05, 0.1) is 27.8 Å². The molecule has 0 radical (unpaired) electrons. The van der Waals surface area contributed by atoms with Crippen molar-refractivity contribution >= 4 is 54.9 Å². The quantitative estimate of drug-likeness (QED) is 0.187. The second-order valence-corrected chi connectivity index (χ2v) is 13.0. The van der Waals surface area contributed by atoms with E-state index in [1.807, 2.05) is 24.4 Å². The van der Waals surface area contributed by atoms with Gasteiger partial charge < -0.3 is 4.57 Å². The van der Waals surface area contributed by atoms with Crippen molar-refractivity contribution in [3.05, 3.63) is 158 Å². The molecular formula is C42H26N6S. The fourth-order valence-electron chi connectivity index (χ4n) is 7.06. The van der Waals surface area contributed by atoms with Gasteiger partial charge in [-0.3, -0.25) is 9.55 Å². The monoisotopic (exact) mass is 646 g/mol. The molecule has 0 unspecified atom stereocenters. The van der Waals surface area contributed by atoms with Gasteiger partial charge in [-0.05, 0) is 72.8 Å². The van der Waals surface area contributed by atoms with E-state index in [4.69, 9.17) is 15.2 Å². The molecule has 5 aromatic carbocycles. The van der Waals surface area contributed by atoms with Gasteiger partial charge in [-0.2, -0.15) is 0 Å². The first-order valence-electron chi connectivity index (χ1n) is 16.1. The molecule has 10 aromatic rings. The van der Waals surface area contributed by atoms with E-state index in [0.717, 1.165) is 71.2 Å². The minimum absolute atomic E-state index is 0.838. The molecule has 0 bridgehead atoms. The minimum Gasteiger partial charge on any atom is -0.309 e. The van der Waals surface area contributed by atoms with Crippen LogP contribution in [0, 0.1) is 0 Å². The van der Waals surface area contributed by atoms with E-state index < -0.39 is 0 Å². The number of pyridine rings is 2. The largest absolute Gasteiger partial charge is 0.309 e. The van der Waals surface area contributed by atoms with E-state index in [1.165, 1.54) is 16.3 Å². The fourth-order valence-corrected chi connectivity index (χ4v) is 7.93. The number of rotatable bonds is 5. The number of aromatic nitrogens is 6. The van der Waals surface area contributed by atoms with Crippen molar-refractivity contribution in [1.29, 1.82) is 0 Å². The average Bonchev–Trinajstić information content (AvgIpc) is 3.89. The van der Waals surface area contributed by atoms with Gasteiger partial charge in [0.15, 0.2) is 0 Å². The molecule has 7 heteroatoms. The van der Waals surface area contributed by atoms with Crippen LogP contribution in [0.2, 0.25) is 0 Å². The maximum atomic E-state index is 5.14. The minimum atomic E-state index is 0.838. The van der Waals surface area contributed by atoms with Crippen molar-refractivity contribution in [2.75, 3.05) is 0 Å². The number of nitrogens with zero attached hydrogens (tertiary/aromatic N) is 6. The topological polar surface area (TPSA) is 61.4 Å². The standard InChI is InChI=1S/C42H26N6S/c1-2-12-29(13-3-1)47-36-19-6-5-15-31(36)34-25-27(22-23-38(34)47)41-45-46-42(49-41)33-17-8-16-32-30-14-4-7-20-37(30)48(40(32)33)39-21-9-18-35(44-39)28-11-10-24-43-26-28/h1-26H. The Bertz CT molecular complexity index is 2830. The maximum Gasteiger partial charge on any atom is 0.150 e. The predicted molar refractivity (Wildman–Crippen MR) is 200 cm³/mol. The fraction of sp³-hybridized carbons (Fsp3) is 0. The van der Waals surface area contributed by atoms with Gasteiger partial charge in [-0.25, -0.2) is 4.98 Å². The molecule has 0 atom stereocenters. The van der Waals surface area contributed by atoms with E-state index in [0.29, 0.717) is 0 Å². The number of para-hydroxylation sites is 4. The number of hydrogen-bond donors (Lipinski definition) is 0. The van der Waals surface area contributed by atoms with E-state index in [1.54, 1.807) is 17.5 Å². The first-order chi connectivity index (χ1) is 24.3. The Morgan fingerprint density at radius 3 is 2.04 bits per heavy atom. The lowest BCUT2D eigenvalue weighted by molar-refractivity contribution is 1.08. The highest BCUT2D eigenvalue weighted by Crippen LogP contribution is 2.41. The molecular weight excluding hydrogens is 621 g/mol. The average molecular weight is 647 g/mol. The van der Waals surface area contributed by atoms with Crippen LogP contribution in [0.3, 0.4) is 0 Å². The lowest BCUT2D eigenvalue weighted by atomic mass is 10.1. The zero-order chi connectivity index (χ0) is 32.3. The second kappa shape index (κ2) is 11.1. The molecule has 0 fully saturated rings. The molecule has 0 saturated heterocycles. The van der Waals surface area contributed by atoms with Crippen LogP contribution in [-0.2, 0) is 0 Å². The van der Waals surface area contributed by atoms with E-state index in [-0.39, 0.29) is 0 Å². The molecule has 0 aliphatic heterocycles. The zero-order valence-corrected chi connectivity index (χ0v) is 26.9. The highest BCUT2D eigenvalue weighted by Gasteiger charge is 2.20. The smallest absolute Gasteiger partial charge is 0.150 e. The maximum absolute atomic E-state index is 5.14. The Morgan fingerprint density at radius 2 is 1.20 bits per heavy atom. The van der Waals surface area contributed by atoms with E-state index in [2.05, 4.69) is 142 Å². The van der Waals surface area contributed by atoms with E-state index in [9.17, 15) is 0 Å². The molecule has 6 nitrogen and oxygen atoms in total. The normalized spacial score (nSPS) is 11.7. The summed E-state index contributed by atoms with van der Waals surface area (Å²) in [5.41, 5.74) is 9.55. The Hall–Kier alpha value is -6.44. The summed E-state index contributed by atoms with van der Waals surface area (Å²) in [5.74, 6) is 0.838. The van der Waals surface area contributed by atoms with Crippen LogP contribution in [0.5, 0.6) is 0 Å². The Balaban J connectivity index is 1.14. The molecule has 0 aliphatic rings. The van der Waals surface area contributed by atoms with Crippen molar-refractivity contribution in [2.45, 2.75) is 0 Å². The van der Waals surface area contributed by atoms with Gasteiger partial charge in [0.2, 0.25) is 0 Å². The van der Waals surface area contributed by atoms with Crippen molar-refractivity contribution in [3.8, 4) is 43.9 Å². The molecule has 49 heavy (non-hydrogen) atoms. The van der Waals surface area contributed by atoms with Crippen LogP contribution in [0.25, 0.3) is 87.5 Å². The van der Waals surface area contributed by atoms with Crippen molar-refractivity contribution < 1.29 is 0 Å². The summed E-state index contributed by atoms with van der Waals surface area (Å²) in [7, 11) is 0. The molecule has 0 amide bonds. The van der Waals surface area contributed by atoms with Gasteiger partial charge in [0, 0.05) is 56.3 Å². The third kappa shape index (κ3) is 4.40. The Kier molecular flexibility index (Phi) is 6.25. The summed E-state index contributed by atoms with van der Waals surface area (Å²) in [5, 5.41) is 16.0. The van der Waals surface area contributed by atoms with Crippen LogP contribution in [0.4, 0.5) is 0 Å². The van der Waals surface area contributed by atoms with Gasteiger partial charge in [-0.15, -0.1) is 10.2 Å². The van der Waals surface area contributed by atoms with Crippen LogP contribution >= 0.6 is 11.3 Å². The van der Waals surface area contributed by atoms with Crippen LogP contribution < -0.4 is 0 Å². The molecule has 5 heterocycles. The second-order valence-electron chi connectivity index (χ2n) is 12.0. The lowest BCUT2D eigenvalue weighted by Crippen LogP contribution is -1.99. The molecule has 10 rings (SSSR count). The van der Waals surface area contributed by atoms with Crippen LogP contribution in [0.1, 0.15) is 0 Å². The third-order valence-corrected chi connectivity index (χ3v) is 10.2. The number of fused-ring (bicyclic) bond motifs is 6. The van der Waals surface area contributed by atoms with Crippen molar-refractivity contribution in [1.82, 2.24) is 29.3 Å². The molecule has 0 spiro atoms. The predicted octanol–water partition coefficient (Wildman–Crippen LogP) is 10.5. The summed E-state index contributed by atoms with van der Waals surface area (Å²) < 4.78 is 4.59. The lowest BCUT2D eigenvalue weighted by Gasteiger charge is -2.11. The number of hydrogen-bond acceptors (Lipinski definition) is 5. The van der Waals surface area contributed by atoms with Crippen molar-refractivity contribution in [2.24, 2.45) is 0 Å². The Morgan fingerprint density at radius 1 is 0.490 bits per heavy atom. The SMILES string of the molecule is c1ccc(-n2c3ccccc3c3cc(-c4nnc(-c5cccc6c7ccccc7n(-c7cccc(-c8cccnc8)n7)c56)s4)ccc32)cc1. The van der Waals surface area contributed by atoms with Gasteiger partial charge >= 0.3 is 0 Å². The summed E-state index contributed by atoms with van der Waals surface area (Å²) in [4.78, 5) is 9.46. The van der Waals surface area contributed by atoms with Gasteiger partial charge in [0.1, 0.15) is 15.8 Å². The summed E-state index contributed by atoms with van der Waals surface area (Å²) in [6.45, 7) is 0. The third-order valence-electron chi connectivity index (χ3n) is 9.20. The molecule has 0 aliphatic carbocycles. The van der Waals surface area contributed by atoms with Crippen molar-refractivity contribution in [3.63, 3.8) is 0 Å². The highest BCUT2D eigenvalue weighted by molar-refractivity contribution is 7.18. The van der Waals surface area contributed by atoms with E-state index >= 15 is 0 Å². The highest BCUT2D eigenvalue weighted by atomic mass is 32.1.